The molecule has 1 aromatic carbocycles. The number of hydrogen-bond donors (Lipinski definition) is 2. The number of Topliss-reactive ketones (excluding diaryl/α,β-unsaturated/α-hetero) is 1. The molecular formula is C20H20FN3O2S. The first-order valence-corrected chi connectivity index (χ1v) is 9.98. The van der Waals surface area contributed by atoms with Gasteiger partial charge in [0.1, 0.15) is 11.6 Å². The molecule has 5 nitrogen and oxygen atoms in total. The highest BCUT2D eigenvalue weighted by molar-refractivity contribution is 7.98. The highest BCUT2D eigenvalue weighted by Gasteiger charge is 2.42. The second kappa shape index (κ2) is 6.34. The molecule has 0 bridgehead atoms. The number of rotatable bonds is 2. The molecule has 0 unspecified atom stereocenters. The summed E-state index contributed by atoms with van der Waals surface area (Å²) in [5.41, 5.74) is 2.07. The molecular weight excluding hydrogens is 365 g/mol. The predicted molar refractivity (Wildman–Crippen MR) is 104 cm³/mol. The molecule has 2 N–H and O–H groups in total. The molecule has 0 amide bonds. The lowest BCUT2D eigenvalue weighted by atomic mass is 9.69. The van der Waals surface area contributed by atoms with Crippen molar-refractivity contribution in [1.29, 1.82) is 0 Å². The highest BCUT2D eigenvalue weighted by Crippen LogP contribution is 2.47. The molecule has 1 aliphatic carbocycles. The minimum Gasteiger partial charge on any atom is -0.343 e. The van der Waals surface area contributed by atoms with Gasteiger partial charge in [-0.1, -0.05) is 37.7 Å². The van der Waals surface area contributed by atoms with Gasteiger partial charge in [-0.25, -0.2) is 9.37 Å². The van der Waals surface area contributed by atoms with E-state index >= 15 is 0 Å². The summed E-state index contributed by atoms with van der Waals surface area (Å²) in [4.78, 5) is 33.2. The number of benzene rings is 1. The van der Waals surface area contributed by atoms with Crippen LogP contribution in [0.5, 0.6) is 0 Å². The molecule has 0 saturated carbocycles. The monoisotopic (exact) mass is 385 g/mol. The van der Waals surface area contributed by atoms with Crippen molar-refractivity contribution in [3.63, 3.8) is 0 Å². The number of carbonyl (C=O) groups excluding carboxylic acids is 1. The Morgan fingerprint density at radius 2 is 1.89 bits per heavy atom. The highest BCUT2D eigenvalue weighted by atomic mass is 32.2. The third-order valence-corrected chi connectivity index (χ3v) is 5.68. The van der Waals surface area contributed by atoms with E-state index in [1.54, 1.807) is 12.1 Å². The van der Waals surface area contributed by atoms with Crippen LogP contribution in [0.1, 0.15) is 43.7 Å². The van der Waals surface area contributed by atoms with Gasteiger partial charge < -0.3 is 10.3 Å². The zero-order chi connectivity index (χ0) is 19.3. The molecule has 2 aliphatic rings. The second-order valence-corrected chi connectivity index (χ2v) is 8.58. The Balaban J connectivity index is 1.97. The summed E-state index contributed by atoms with van der Waals surface area (Å²) in [7, 11) is 0. The van der Waals surface area contributed by atoms with Crippen molar-refractivity contribution in [1.82, 2.24) is 9.97 Å². The lowest BCUT2D eigenvalue weighted by Gasteiger charge is -2.38. The van der Waals surface area contributed by atoms with Crippen LogP contribution in [0.3, 0.4) is 0 Å². The molecule has 1 aromatic heterocycles. The summed E-state index contributed by atoms with van der Waals surface area (Å²) in [6.07, 6.45) is 2.94. The first-order valence-electron chi connectivity index (χ1n) is 8.76. The summed E-state index contributed by atoms with van der Waals surface area (Å²) >= 11 is 1.35. The lowest BCUT2D eigenvalue weighted by Crippen LogP contribution is -2.37. The van der Waals surface area contributed by atoms with Crippen molar-refractivity contribution in [2.45, 2.75) is 37.8 Å². The molecule has 0 fully saturated rings. The van der Waals surface area contributed by atoms with Gasteiger partial charge in [-0.3, -0.25) is 9.59 Å². The number of hydrogen-bond acceptors (Lipinski definition) is 5. The number of aromatic amines is 1. The third kappa shape index (κ3) is 3.10. The van der Waals surface area contributed by atoms with Gasteiger partial charge in [0.05, 0.1) is 5.56 Å². The van der Waals surface area contributed by atoms with E-state index in [0.29, 0.717) is 40.5 Å². The maximum atomic E-state index is 13.5. The quantitative estimate of drug-likeness (QED) is 0.607. The van der Waals surface area contributed by atoms with Crippen LogP contribution in [-0.4, -0.2) is 22.0 Å². The number of thioether (sulfide) groups is 1. The lowest BCUT2D eigenvalue weighted by molar-refractivity contribution is -0.118. The van der Waals surface area contributed by atoms with E-state index in [-0.39, 0.29) is 22.6 Å². The predicted octanol–water partition coefficient (Wildman–Crippen LogP) is 3.83. The van der Waals surface area contributed by atoms with Gasteiger partial charge in [0.2, 0.25) is 0 Å². The van der Waals surface area contributed by atoms with Gasteiger partial charge >= 0.3 is 0 Å². The van der Waals surface area contributed by atoms with Crippen LogP contribution in [0, 0.1) is 11.2 Å². The van der Waals surface area contributed by atoms with Crippen molar-refractivity contribution in [2.24, 2.45) is 5.41 Å². The van der Waals surface area contributed by atoms with E-state index in [1.807, 2.05) is 6.26 Å². The normalized spacial score (nSPS) is 20.7. The molecule has 27 heavy (non-hydrogen) atoms. The molecule has 4 rings (SSSR count). The van der Waals surface area contributed by atoms with Crippen LogP contribution in [0.2, 0.25) is 0 Å². The molecule has 0 saturated heterocycles. The van der Waals surface area contributed by atoms with Gasteiger partial charge in [0, 0.05) is 23.6 Å². The van der Waals surface area contributed by atoms with E-state index in [0.717, 1.165) is 5.70 Å². The fourth-order valence-electron chi connectivity index (χ4n) is 3.98. The molecule has 1 atom stereocenters. The Hall–Kier alpha value is -2.41. The number of anilines is 1. The van der Waals surface area contributed by atoms with Crippen molar-refractivity contribution in [2.75, 3.05) is 11.6 Å². The number of nitrogens with zero attached hydrogens (tertiary/aromatic N) is 1. The van der Waals surface area contributed by atoms with E-state index in [4.69, 9.17) is 0 Å². The summed E-state index contributed by atoms with van der Waals surface area (Å²) in [6, 6.07) is 5.97. The fraction of sp³-hybridized carbons (Fsp3) is 0.350. The minimum absolute atomic E-state index is 0.0158. The SMILES string of the molecule is CSc1nc2c(c(=O)[nH]1)[C@@H](c1ccc(F)cc1)C1=C(CC(C)(C)CC1=O)N2. The average Bonchev–Trinajstić information content (AvgIpc) is 2.59. The van der Waals surface area contributed by atoms with Gasteiger partial charge in [-0.2, -0.15) is 0 Å². The summed E-state index contributed by atoms with van der Waals surface area (Å²) in [5, 5.41) is 3.76. The van der Waals surface area contributed by atoms with E-state index < -0.39 is 5.92 Å². The van der Waals surface area contributed by atoms with Crippen LogP contribution >= 0.6 is 11.8 Å². The number of aromatic nitrogens is 2. The van der Waals surface area contributed by atoms with Crippen LogP contribution in [0.4, 0.5) is 10.2 Å². The number of fused-ring (bicyclic) bond motifs is 1. The number of allylic oxidation sites excluding steroid dienone is 2. The Morgan fingerprint density at radius 1 is 1.19 bits per heavy atom. The van der Waals surface area contributed by atoms with Crippen molar-refractivity contribution in [3.8, 4) is 0 Å². The first kappa shape index (κ1) is 18.0. The Kier molecular flexibility index (Phi) is 4.22. The smallest absolute Gasteiger partial charge is 0.257 e. The number of ketones is 1. The summed E-state index contributed by atoms with van der Waals surface area (Å²) in [6.45, 7) is 4.11. The van der Waals surface area contributed by atoms with Gasteiger partial charge in [-0.15, -0.1) is 0 Å². The van der Waals surface area contributed by atoms with E-state index in [2.05, 4.69) is 29.1 Å². The van der Waals surface area contributed by atoms with Crippen LogP contribution in [0.25, 0.3) is 0 Å². The fourth-order valence-corrected chi connectivity index (χ4v) is 4.36. The zero-order valence-corrected chi connectivity index (χ0v) is 16.2. The van der Waals surface area contributed by atoms with Crippen molar-refractivity contribution in [3.05, 3.63) is 62.8 Å². The molecule has 140 valence electrons. The topological polar surface area (TPSA) is 74.8 Å². The Bertz CT molecular complexity index is 1020. The van der Waals surface area contributed by atoms with E-state index in [9.17, 15) is 14.0 Å². The number of carbonyl (C=O) groups is 1. The maximum absolute atomic E-state index is 13.5. The molecule has 0 radical (unpaired) electrons. The molecule has 7 heteroatoms. The maximum Gasteiger partial charge on any atom is 0.257 e. The largest absolute Gasteiger partial charge is 0.343 e. The second-order valence-electron chi connectivity index (χ2n) is 7.78. The van der Waals surface area contributed by atoms with Gasteiger partial charge in [-0.05, 0) is 35.8 Å². The third-order valence-electron chi connectivity index (χ3n) is 5.10. The number of H-pyrrole nitrogens is 1. The molecule has 0 spiro atoms. The molecule has 2 heterocycles. The Morgan fingerprint density at radius 3 is 2.56 bits per heavy atom. The zero-order valence-electron chi connectivity index (χ0n) is 15.4. The Labute approximate surface area is 160 Å². The van der Waals surface area contributed by atoms with Crippen LogP contribution < -0.4 is 10.9 Å². The minimum atomic E-state index is -0.549. The van der Waals surface area contributed by atoms with Gasteiger partial charge in [0.15, 0.2) is 10.9 Å². The average molecular weight is 385 g/mol. The summed E-state index contributed by atoms with van der Waals surface area (Å²) in [5.74, 6) is -0.417. The van der Waals surface area contributed by atoms with Crippen molar-refractivity contribution >= 4 is 23.4 Å². The number of nitrogens with one attached hydrogen (secondary N) is 2. The summed E-state index contributed by atoms with van der Waals surface area (Å²) < 4.78 is 13.5. The first-order chi connectivity index (χ1) is 12.8. The van der Waals surface area contributed by atoms with Crippen LogP contribution in [0.15, 0.2) is 45.5 Å². The van der Waals surface area contributed by atoms with Crippen LogP contribution in [-0.2, 0) is 4.79 Å². The van der Waals surface area contributed by atoms with E-state index in [1.165, 1.54) is 23.9 Å². The van der Waals surface area contributed by atoms with Gasteiger partial charge in [0.25, 0.3) is 5.56 Å². The molecule has 1 aliphatic heterocycles. The van der Waals surface area contributed by atoms with Crippen molar-refractivity contribution < 1.29 is 9.18 Å². The number of halogens is 1. The standard InChI is InChI=1S/C20H20FN3O2S/c1-20(2)8-12-15(13(25)9-20)14(10-4-6-11(21)7-5-10)16-17(22-12)23-19(27-3)24-18(16)26/h4-7,14H,8-9H2,1-3H3,(H2,22,23,24,26)/t14-/m0/s1. The molecule has 2 aromatic rings.